The van der Waals surface area contributed by atoms with Gasteiger partial charge < -0.3 is 15.0 Å². The molecule has 2 amide bonds. The number of ether oxygens (including phenoxy) is 1. The fraction of sp³-hybridized carbons (Fsp3) is 0.353. The van der Waals surface area contributed by atoms with Gasteiger partial charge >= 0.3 is 6.03 Å². The summed E-state index contributed by atoms with van der Waals surface area (Å²) in [6.07, 6.45) is 0.689. The first-order valence-electron chi connectivity index (χ1n) is 7.80. The molecule has 0 aliphatic carbocycles. The van der Waals surface area contributed by atoms with Crippen molar-refractivity contribution in [2.24, 2.45) is 0 Å². The van der Waals surface area contributed by atoms with Crippen LogP contribution in [0.5, 0.6) is 5.88 Å². The molecule has 1 fully saturated rings. The SMILES string of the molecule is Cc1cc(O[C@@H]2CCN(C(=O)Nc3ccccc3Cl)C2)nc(C)n1. The van der Waals surface area contributed by atoms with Crippen molar-refractivity contribution in [3.8, 4) is 5.88 Å². The Morgan fingerprint density at radius 1 is 1.33 bits per heavy atom. The van der Waals surface area contributed by atoms with E-state index in [4.69, 9.17) is 16.3 Å². The third-order valence-electron chi connectivity index (χ3n) is 3.78. The zero-order valence-corrected chi connectivity index (χ0v) is 14.4. The van der Waals surface area contributed by atoms with E-state index in [0.717, 1.165) is 12.1 Å². The number of hydrogen-bond donors (Lipinski definition) is 1. The van der Waals surface area contributed by atoms with Crippen molar-refractivity contribution in [3.05, 3.63) is 46.9 Å². The zero-order valence-electron chi connectivity index (χ0n) is 13.6. The van der Waals surface area contributed by atoms with E-state index >= 15 is 0 Å². The number of nitrogens with one attached hydrogen (secondary N) is 1. The molecule has 126 valence electrons. The second kappa shape index (κ2) is 7.05. The van der Waals surface area contributed by atoms with Gasteiger partial charge in [0.1, 0.15) is 11.9 Å². The molecule has 0 spiro atoms. The lowest BCUT2D eigenvalue weighted by molar-refractivity contribution is 0.189. The van der Waals surface area contributed by atoms with Gasteiger partial charge in [0.25, 0.3) is 0 Å². The molecule has 7 heteroatoms. The van der Waals surface area contributed by atoms with Gasteiger partial charge in [0.15, 0.2) is 0 Å². The van der Waals surface area contributed by atoms with E-state index < -0.39 is 0 Å². The van der Waals surface area contributed by atoms with Crippen LogP contribution >= 0.6 is 11.6 Å². The molecule has 1 aliphatic rings. The smallest absolute Gasteiger partial charge is 0.322 e. The number of para-hydroxylation sites is 1. The van der Waals surface area contributed by atoms with Crippen molar-refractivity contribution in [2.45, 2.75) is 26.4 Å². The van der Waals surface area contributed by atoms with Crippen LogP contribution in [0.15, 0.2) is 30.3 Å². The fourth-order valence-electron chi connectivity index (χ4n) is 2.68. The zero-order chi connectivity index (χ0) is 17.1. The molecule has 0 unspecified atom stereocenters. The number of rotatable bonds is 3. The number of urea groups is 1. The van der Waals surface area contributed by atoms with Crippen molar-refractivity contribution >= 4 is 23.3 Å². The summed E-state index contributed by atoms with van der Waals surface area (Å²) in [7, 11) is 0. The Labute approximate surface area is 145 Å². The lowest BCUT2D eigenvalue weighted by atomic mass is 10.3. The number of nitrogens with zero attached hydrogens (tertiary/aromatic N) is 3. The number of aryl methyl sites for hydroxylation is 2. The first-order valence-corrected chi connectivity index (χ1v) is 8.18. The van der Waals surface area contributed by atoms with Crippen molar-refractivity contribution in [1.82, 2.24) is 14.9 Å². The third kappa shape index (κ3) is 3.94. The Kier molecular flexibility index (Phi) is 4.85. The van der Waals surface area contributed by atoms with Crippen LogP contribution in [0.3, 0.4) is 0 Å². The predicted molar refractivity (Wildman–Crippen MR) is 92.6 cm³/mol. The van der Waals surface area contributed by atoms with Gasteiger partial charge in [-0.3, -0.25) is 0 Å². The lowest BCUT2D eigenvalue weighted by Gasteiger charge is -2.18. The van der Waals surface area contributed by atoms with Crippen LogP contribution in [0, 0.1) is 13.8 Å². The molecular weight excluding hydrogens is 328 g/mol. The molecule has 0 radical (unpaired) electrons. The standard InChI is InChI=1S/C17H19ClN4O2/c1-11-9-16(20-12(2)19-11)24-13-7-8-22(10-13)17(23)21-15-6-4-3-5-14(15)18/h3-6,9,13H,7-8,10H2,1-2H3,(H,21,23)/t13-/m1/s1. The fourth-order valence-corrected chi connectivity index (χ4v) is 2.86. The largest absolute Gasteiger partial charge is 0.472 e. The average molecular weight is 347 g/mol. The van der Waals surface area contributed by atoms with Gasteiger partial charge in [0, 0.05) is 24.7 Å². The van der Waals surface area contributed by atoms with E-state index in [0.29, 0.717) is 35.5 Å². The second-order valence-corrected chi connectivity index (χ2v) is 6.19. The second-order valence-electron chi connectivity index (χ2n) is 5.78. The van der Waals surface area contributed by atoms with Gasteiger partial charge in [-0.25, -0.2) is 9.78 Å². The number of carbonyl (C=O) groups is 1. The topological polar surface area (TPSA) is 67.3 Å². The summed E-state index contributed by atoms with van der Waals surface area (Å²) >= 11 is 6.07. The Bertz CT molecular complexity index is 733. The minimum Gasteiger partial charge on any atom is -0.472 e. The van der Waals surface area contributed by atoms with E-state index in [1.54, 1.807) is 23.1 Å². The molecule has 1 aliphatic heterocycles. The first-order chi connectivity index (χ1) is 11.5. The average Bonchev–Trinajstić information content (AvgIpc) is 2.97. The van der Waals surface area contributed by atoms with Crippen LogP contribution in [0.1, 0.15) is 17.9 Å². The molecule has 1 aromatic carbocycles. The van der Waals surface area contributed by atoms with Crippen LogP contribution in [0.2, 0.25) is 5.02 Å². The summed E-state index contributed by atoms with van der Waals surface area (Å²) in [5.41, 5.74) is 1.47. The molecular formula is C17H19ClN4O2. The third-order valence-corrected chi connectivity index (χ3v) is 4.11. The highest BCUT2D eigenvalue weighted by Gasteiger charge is 2.28. The summed E-state index contributed by atoms with van der Waals surface area (Å²) in [6.45, 7) is 4.87. The highest BCUT2D eigenvalue weighted by Crippen LogP contribution is 2.22. The number of hydrogen-bond acceptors (Lipinski definition) is 4. The number of carbonyl (C=O) groups excluding carboxylic acids is 1. The number of benzene rings is 1. The summed E-state index contributed by atoms with van der Waals surface area (Å²) in [4.78, 5) is 22.6. The maximum atomic E-state index is 12.3. The summed E-state index contributed by atoms with van der Waals surface area (Å²) < 4.78 is 5.89. The van der Waals surface area contributed by atoms with Crippen molar-refractivity contribution in [3.63, 3.8) is 0 Å². The molecule has 2 heterocycles. The molecule has 1 N–H and O–H groups in total. The Morgan fingerprint density at radius 3 is 2.88 bits per heavy atom. The van der Waals surface area contributed by atoms with E-state index in [9.17, 15) is 4.79 Å². The van der Waals surface area contributed by atoms with E-state index in [1.165, 1.54) is 0 Å². The maximum Gasteiger partial charge on any atom is 0.322 e. The van der Waals surface area contributed by atoms with Crippen molar-refractivity contribution in [1.29, 1.82) is 0 Å². The molecule has 2 aromatic rings. The van der Waals surface area contributed by atoms with E-state index in [2.05, 4.69) is 15.3 Å². The monoisotopic (exact) mass is 346 g/mol. The van der Waals surface area contributed by atoms with Crippen molar-refractivity contribution in [2.75, 3.05) is 18.4 Å². The Balaban J connectivity index is 1.58. The maximum absolute atomic E-state index is 12.3. The van der Waals surface area contributed by atoms with Crippen LogP contribution in [-0.2, 0) is 0 Å². The Hall–Kier alpha value is -2.34. The van der Waals surface area contributed by atoms with Gasteiger partial charge in [-0.05, 0) is 26.0 Å². The normalized spacial score (nSPS) is 17.0. The molecule has 1 saturated heterocycles. The summed E-state index contributed by atoms with van der Waals surface area (Å²) in [6, 6.07) is 8.80. The minimum atomic E-state index is -0.177. The molecule has 0 saturated carbocycles. The highest BCUT2D eigenvalue weighted by atomic mass is 35.5. The van der Waals surface area contributed by atoms with Gasteiger partial charge in [-0.2, -0.15) is 4.98 Å². The predicted octanol–water partition coefficient (Wildman–Crippen LogP) is 3.43. The number of likely N-dealkylation sites (tertiary alicyclic amines) is 1. The molecule has 6 nitrogen and oxygen atoms in total. The molecule has 1 aromatic heterocycles. The van der Waals surface area contributed by atoms with Gasteiger partial charge in [-0.15, -0.1) is 0 Å². The van der Waals surface area contributed by atoms with E-state index in [-0.39, 0.29) is 12.1 Å². The van der Waals surface area contributed by atoms with Crippen LogP contribution in [0.25, 0.3) is 0 Å². The van der Waals surface area contributed by atoms with Crippen molar-refractivity contribution < 1.29 is 9.53 Å². The van der Waals surface area contributed by atoms with Crippen LogP contribution < -0.4 is 10.1 Å². The molecule has 24 heavy (non-hydrogen) atoms. The highest BCUT2D eigenvalue weighted by molar-refractivity contribution is 6.33. The summed E-state index contributed by atoms with van der Waals surface area (Å²) in [5.74, 6) is 1.23. The lowest BCUT2D eigenvalue weighted by Crippen LogP contribution is -2.34. The molecule has 1 atom stereocenters. The minimum absolute atomic E-state index is 0.0734. The van der Waals surface area contributed by atoms with Gasteiger partial charge in [0.2, 0.25) is 5.88 Å². The summed E-state index contributed by atoms with van der Waals surface area (Å²) in [5, 5.41) is 3.35. The first kappa shape index (κ1) is 16.5. The molecule has 3 rings (SSSR count). The number of anilines is 1. The van der Waals surface area contributed by atoms with Crippen LogP contribution in [-0.4, -0.2) is 40.1 Å². The van der Waals surface area contributed by atoms with Crippen LogP contribution in [0.4, 0.5) is 10.5 Å². The molecule has 0 bridgehead atoms. The van der Waals surface area contributed by atoms with Gasteiger partial charge in [-0.1, -0.05) is 23.7 Å². The number of amides is 2. The number of halogens is 1. The quantitative estimate of drug-likeness (QED) is 0.924. The van der Waals surface area contributed by atoms with E-state index in [1.807, 2.05) is 26.0 Å². The van der Waals surface area contributed by atoms with Gasteiger partial charge in [0.05, 0.1) is 17.3 Å². The number of aromatic nitrogens is 2. The Morgan fingerprint density at radius 2 is 2.12 bits per heavy atom.